The van der Waals surface area contributed by atoms with Crippen molar-refractivity contribution in [3.05, 3.63) is 82.5 Å². The molecule has 1 N–H and O–H groups in total. The van der Waals surface area contributed by atoms with Crippen LogP contribution >= 0.6 is 15.9 Å². The summed E-state index contributed by atoms with van der Waals surface area (Å²) in [5, 5.41) is 6.77. The zero-order valence-electron chi connectivity index (χ0n) is 16.8. The number of rotatable bonds is 8. The van der Waals surface area contributed by atoms with Crippen molar-refractivity contribution in [1.29, 1.82) is 0 Å². The molecule has 0 unspecified atom stereocenters. The molecule has 0 aliphatic heterocycles. The Kier molecular flexibility index (Phi) is 6.47. The van der Waals surface area contributed by atoms with E-state index >= 15 is 0 Å². The third kappa shape index (κ3) is 5.40. The van der Waals surface area contributed by atoms with E-state index in [1.807, 2.05) is 12.1 Å². The van der Waals surface area contributed by atoms with Gasteiger partial charge in [0.05, 0.1) is 0 Å². The van der Waals surface area contributed by atoms with Crippen molar-refractivity contribution in [2.45, 2.75) is 26.4 Å². The zero-order valence-corrected chi connectivity index (χ0v) is 18.4. The number of aryl methyl sites for hydroxylation is 1. The van der Waals surface area contributed by atoms with Crippen LogP contribution in [0.5, 0.6) is 5.75 Å². The van der Waals surface area contributed by atoms with Gasteiger partial charge >= 0.3 is 0 Å². The third-order valence-electron chi connectivity index (χ3n) is 4.49. The van der Waals surface area contributed by atoms with E-state index in [4.69, 9.17) is 13.7 Å². The lowest BCUT2D eigenvalue weighted by atomic mass is 10.1. The maximum absolute atomic E-state index is 12.1. The van der Waals surface area contributed by atoms with E-state index in [-0.39, 0.29) is 18.3 Å². The van der Waals surface area contributed by atoms with Crippen LogP contribution in [0.1, 0.15) is 35.4 Å². The summed E-state index contributed by atoms with van der Waals surface area (Å²) in [6, 6.07) is 18.4. The molecular weight excluding hydrogens is 462 g/mol. The van der Waals surface area contributed by atoms with Crippen molar-refractivity contribution in [3.8, 4) is 17.1 Å². The third-order valence-corrected chi connectivity index (χ3v) is 4.92. The lowest BCUT2D eigenvalue weighted by Gasteiger charge is -2.04. The van der Waals surface area contributed by atoms with Crippen LogP contribution in [0.4, 0.5) is 5.69 Å². The van der Waals surface area contributed by atoms with Crippen LogP contribution in [0.3, 0.4) is 0 Å². The fourth-order valence-corrected chi connectivity index (χ4v) is 3.26. The van der Waals surface area contributed by atoms with Gasteiger partial charge in [0.25, 0.3) is 11.8 Å². The van der Waals surface area contributed by atoms with Crippen LogP contribution in [0, 0.1) is 0 Å². The van der Waals surface area contributed by atoms with Gasteiger partial charge in [-0.05, 0) is 76.4 Å². The Hall–Kier alpha value is -3.39. The number of carbonyl (C=O) groups excluding carboxylic acids is 1. The van der Waals surface area contributed by atoms with E-state index in [0.29, 0.717) is 22.1 Å². The number of aromatic nitrogens is 2. The van der Waals surface area contributed by atoms with Crippen LogP contribution < -0.4 is 10.1 Å². The second kappa shape index (κ2) is 9.61. The number of hydrogen-bond donors (Lipinski definition) is 1. The molecule has 7 nitrogen and oxygen atoms in total. The fourth-order valence-electron chi connectivity index (χ4n) is 2.95. The van der Waals surface area contributed by atoms with E-state index < -0.39 is 0 Å². The van der Waals surface area contributed by atoms with Crippen LogP contribution in [-0.2, 0) is 13.0 Å². The Morgan fingerprint density at radius 3 is 2.52 bits per heavy atom. The lowest BCUT2D eigenvalue weighted by molar-refractivity contribution is 0.0995. The molecule has 2 aromatic heterocycles. The van der Waals surface area contributed by atoms with Crippen LogP contribution in [-0.4, -0.2) is 16.0 Å². The summed E-state index contributed by atoms with van der Waals surface area (Å²) in [6.45, 7) is 2.34. The monoisotopic (exact) mass is 481 g/mol. The first-order valence-electron chi connectivity index (χ1n) is 9.82. The summed E-state index contributed by atoms with van der Waals surface area (Å²) < 4.78 is 16.8. The molecule has 0 radical (unpaired) electrons. The molecule has 0 bridgehead atoms. The van der Waals surface area contributed by atoms with E-state index in [9.17, 15) is 4.79 Å². The molecule has 31 heavy (non-hydrogen) atoms. The normalized spacial score (nSPS) is 10.8. The molecule has 4 aromatic rings. The van der Waals surface area contributed by atoms with Gasteiger partial charge < -0.3 is 19.0 Å². The molecule has 158 valence electrons. The molecule has 0 aliphatic rings. The smallest absolute Gasteiger partial charge is 0.291 e. The Morgan fingerprint density at radius 2 is 1.84 bits per heavy atom. The highest BCUT2D eigenvalue weighted by atomic mass is 79.9. The minimum Gasteiger partial charge on any atom is -0.484 e. The summed E-state index contributed by atoms with van der Waals surface area (Å²) in [5.74, 6) is 1.47. The molecule has 0 aliphatic carbocycles. The highest BCUT2D eigenvalue weighted by Gasteiger charge is 2.12. The quantitative estimate of drug-likeness (QED) is 0.338. The minimum absolute atomic E-state index is 0.187. The first kappa shape index (κ1) is 20.9. The number of ether oxygens (including phenoxy) is 1. The van der Waals surface area contributed by atoms with Crippen LogP contribution in [0.25, 0.3) is 11.4 Å². The second-order valence-electron chi connectivity index (χ2n) is 6.83. The molecule has 1 amide bonds. The van der Waals surface area contributed by atoms with Crippen LogP contribution in [0.2, 0.25) is 0 Å². The van der Waals surface area contributed by atoms with Crippen molar-refractivity contribution in [2.24, 2.45) is 0 Å². The molecule has 0 fully saturated rings. The molecule has 0 atom stereocenters. The molecule has 0 saturated carbocycles. The highest BCUT2D eigenvalue weighted by molar-refractivity contribution is 9.10. The van der Waals surface area contributed by atoms with Crippen molar-refractivity contribution in [1.82, 2.24) is 10.1 Å². The number of nitrogens with one attached hydrogen (secondary N) is 1. The maximum Gasteiger partial charge on any atom is 0.291 e. The van der Waals surface area contributed by atoms with Crippen molar-refractivity contribution >= 4 is 27.5 Å². The number of furan rings is 1. The SMILES string of the molecule is CCCc1ccc(OCc2nc(-c3ccc(NC(=O)c4ccc(Br)o4)cc3)no2)cc1. The standard InChI is InChI=1S/C23H20BrN3O4/c1-2-3-15-4-10-18(11-5-15)29-14-21-26-22(27-31-21)16-6-8-17(9-7-16)25-23(28)19-12-13-20(24)30-19/h4-13H,2-3,14H2,1H3,(H,25,28). The molecule has 2 aromatic carbocycles. The topological polar surface area (TPSA) is 90.4 Å². The van der Waals surface area contributed by atoms with Gasteiger partial charge in [-0.2, -0.15) is 4.98 Å². The maximum atomic E-state index is 12.1. The number of carbonyl (C=O) groups is 1. The predicted octanol–water partition coefficient (Wildman–Crippen LogP) is 5.88. The molecular formula is C23H20BrN3O4. The van der Waals surface area contributed by atoms with E-state index in [2.05, 4.69) is 50.4 Å². The van der Waals surface area contributed by atoms with E-state index in [1.165, 1.54) is 5.56 Å². The largest absolute Gasteiger partial charge is 0.484 e. The van der Waals surface area contributed by atoms with Gasteiger partial charge in [-0.15, -0.1) is 0 Å². The zero-order chi connectivity index (χ0) is 21.6. The van der Waals surface area contributed by atoms with Crippen molar-refractivity contribution in [3.63, 3.8) is 0 Å². The fraction of sp³-hybridized carbons (Fsp3) is 0.174. The van der Waals surface area contributed by atoms with Gasteiger partial charge in [-0.25, -0.2) is 0 Å². The first-order valence-corrected chi connectivity index (χ1v) is 10.6. The van der Waals surface area contributed by atoms with Gasteiger partial charge in [0.1, 0.15) is 5.75 Å². The van der Waals surface area contributed by atoms with Gasteiger partial charge in [-0.3, -0.25) is 4.79 Å². The molecule has 8 heteroatoms. The van der Waals surface area contributed by atoms with E-state index in [0.717, 1.165) is 24.2 Å². The van der Waals surface area contributed by atoms with Gasteiger partial charge in [0.2, 0.25) is 5.82 Å². The number of hydrogen-bond acceptors (Lipinski definition) is 6. The summed E-state index contributed by atoms with van der Waals surface area (Å²) in [7, 11) is 0. The molecule has 0 saturated heterocycles. The summed E-state index contributed by atoms with van der Waals surface area (Å²) in [4.78, 5) is 16.5. The van der Waals surface area contributed by atoms with Crippen LogP contribution in [0.15, 0.2) is 74.3 Å². The summed E-state index contributed by atoms with van der Waals surface area (Å²) >= 11 is 3.18. The van der Waals surface area contributed by atoms with Crippen molar-refractivity contribution < 1.29 is 18.5 Å². The van der Waals surface area contributed by atoms with Gasteiger partial charge in [0.15, 0.2) is 17.0 Å². The average molecular weight is 482 g/mol. The molecule has 4 rings (SSSR count). The Morgan fingerprint density at radius 1 is 1.06 bits per heavy atom. The Labute approximate surface area is 187 Å². The average Bonchev–Trinajstić information content (AvgIpc) is 3.43. The van der Waals surface area contributed by atoms with Crippen molar-refractivity contribution in [2.75, 3.05) is 5.32 Å². The summed E-state index contributed by atoms with van der Waals surface area (Å²) in [6.07, 6.45) is 2.16. The number of nitrogens with zero attached hydrogens (tertiary/aromatic N) is 2. The second-order valence-corrected chi connectivity index (χ2v) is 7.61. The lowest BCUT2D eigenvalue weighted by Crippen LogP contribution is -2.10. The number of anilines is 1. The molecule has 2 heterocycles. The number of amides is 1. The molecule has 0 spiro atoms. The van der Waals surface area contributed by atoms with Gasteiger partial charge in [-0.1, -0.05) is 30.6 Å². The predicted molar refractivity (Wildman–Crippen MR) is 119 cm³/mol. The minimum atomic E-state index is -0.333. The summed E-state index contributed by atoms with van der Waals surface area (Å²) in [5.41, 5.74) is 2.67. The van der Waals surface area contributed by atoms with Gasteiger partial charge in [0, 0.05) is 11.3 Å². The Balaban J connectivity index is 1.34. The van der Waals surface area contributed by atoms with E-state index in [1.54, 1.807) is 36.4 Å². The highest BCUT2D eigenvalue weighted by Crippen LogP contribution is 2.21. The number of benzene rings is 2. The number of halogens is 1. The Bertz CT molecular complexity index is 1150. The first-order chi connectivity index (χ1) is 15.1.